The van der Waals surface area contributed by atoms with Gasteiger partial charge in [-0.3, -0.25) is 19.3 Å². The van der Waals surface area contributed by atoms with Gasteiger partial charge in [-0.15, -0.1) is 0 Å². The molecule has 0 bridgehead atoms. The summed E-state index contributed by atoms with van der Waals surface area (Å²) >= 11 is 5.87. The van der Waals surface area contributed by atoms with Gasteiger partial charge >= 0.3 is 6.09 Å². The van der Waals surface area contributed by atoms with Gasteiger partial charge in [0.1, 0.15) is 11.8 Å². The molecule has 1 saturated heterocycles. The number of fused-ring (bicyclic) bond motifs is 1. The molecule has 8 heteroatoms. The summed E-state index contributed by atoms with van der Waals surface area (Å²) in [6.45, 7) is 0. The molecule has 7 nitrogen and oxygen atoms in total. The van der Waals surface area contributed by atoms with Crippen molar-refractivity contribution in [2.45, 2.75) is 12.1 Å². The molecule has 34 heavy (non-hydrogen) atoms. The second-order valence-corrected chi connectivity index (χ2v) is 8.20. The van der Waals surface area contributed by atoms with Crippen LogP contribution in [-0.4, -0.2) is 45.7 Å². The number of β-lactam (4-membered cyclic amide) rings is 1. The quantitative estimate of drug-likeness (QED) is 0.414. The lowest BCUT2D eigenvalue weighted by atomic mass is 9.92. The lowest BCUT2D eigenvalue weighted by molar-refractivity contribution is -0.147. The van der Waals surface area contributed by atoms with E-state index >= 15 is 0 Å². The Balaban J connectivity index is 1.45. The van der Waals surface area contributed by atoms with Gasteiger partial charge in [-0.25, -0.2) is 9.69 Å². The van der Waals surface area contributed by atoms with Gasteiger partial charge in [0.15, 0.2) is 0 Å². The van der Waals surface area contributed by atoms with Crippen LogP contribution in [0.2, 0.25) is 5.02 Å². The largest absolute Gasteiger partial charge is 0.422 e. The van der Waals surface area contributed by atoms with E-state index in [1.807, 2.05) is 30.3 Å². The predicted octanol–water partition coefficient (Wildman–Crippen LogP) is 4.43. The third-order valence-corrected chi connectivity index (χ3v) is 5.97. The normalized spacial score (nSPS) is 19.4. The van der Waals surface area contributed by atoms with E-state index in [4.69, 9.17) is 16.3 Å². The minimum absolute atomic E-state index is 0.206. The van der Waals surface area contributed by atoms with Gasteiger partial charge in [0.25, 0.3) is 17.7 Å². The van der Waals surface area contributed by atoms with Crippen molar-refractivity contribution in [3.63, 3.8) is 0 Å². The molecule has 1 fully saturated rings. The highest BCUT2D eigenvalue weighted by atomic mass is 35.5. The summed E-state index contributed by atoms with van der Waals surface area (Å²) in [5.41, 5.74) is 1.29. The number of ether oxygens (including phenoxy) is 1. The summed E-state index contributed by atoms with van der Waals surface area (Å²) in [6.07, 6.45) is 2.43. The minimum atomic E-state index is -1.16. The first kappa shape index (κ1) is 21.6. The molecular weight excluding hydrogens is 456 g/mol. The van der Waals surface area contributed by atoms with Gasteiger partial charge in [-0.2, -0.15) is 0 Å². The molecule has 3 aromatic rings. The van der Waals surface area contributed by atoms with Crippen molar-refractivity contribution in [3.05, 3.63) is 107 Å². The topological polar surface area (TPSA) is 84.0 Å². The van der Waals surface area contributed by atoms with Gasteiger partial charge < -0.3 is 4.74 Å². The van der Waals surface area contributed by atoms with Crippen molar-refractivity contribution in [3.8, 4) is 5.75 Å². The Labute approximate surface area is 199 Å². The molecule has 4 amide bonds. The first-order valence-corrected chi connectivity index (χ1v) is 10.8. The van der Waals surface area contributed by atoms with Crippen molar-refractivity contribution in [1.82, 2.24) is 9.80 Å². The van der Waals surface area contributed by atoms with Crippen LogP contribution in [-0.2, 0) is 4.79 Å². The van der Waals surface area contributed by atoms with Gasteiger partial charge in [-0.05, 0) is 42.0 Å². The first-order valence-electron chi connectivity index (χ1n) is 10.5. The average molecular weight is 473 g/mol. The molecule has 1 unspecified atom stereocenters. The van der Waals surface area contributed by atoms with Crippen molar-refractivity contribution in [1.29, 1.82) is 0 Å². The van der Waals surface area contributed by atoms with E-state index in [-0.39, 0.29) is 16.9 Å². The molecule has 2 aliphatic rings. The number of carbonyl (C=O) groups is 4. The highest BCUT2D eigenvalue weighted by Crippen LogP contribution is 2.34. The summed E-state index contributed by atoms with van der Waals surface area (Å²) < 4.78 is 5.34. The van der Waals surface area contributed by atoms with Crippen LogP contribution < -0.4 is 4.74 Å². The third kappa shape index (κ3) is 3.66. The number of amides is 4. The van der Waals surface area contributed by atoms with E-state index in [9.17, 15) is 19.2 Å². The van der Waals surface area contributed by atoms with Crippen molar-refractivity contribution in [2.24, 2.45) is 0 Å². The lowest BCUT2D eigenvalue weighted by Gasteiger charge is -2.46. The molecule has 0 radical (unpaired) electrons. The fourth-order valence-electron chi connectivity index (χ4n) is 4.05. The van der Waals surface area contributed by atoms with Crippen molar-refractivity contribution >= 4 is 41.5 Å². The SMILES string of the molecule is O=C1c2ccccc2C(=O)N1C1C(=O)N(C(=O)Oc2ccc(Cl)cc2)[C@@H]1/C=C/c1ccccc1. The molecule has 2 aliphatic heterocycles. The Bertz CT molecular complexity index is 1300. The maximum absolute atomic E-state index is 13.1. The number of hydrogen-bond acceptors (Lipinski definition) is 5. The Hall–Kier alpha value is -4.23. The predicted molar refractivity (Wildman–Crippen MR) is 124 cm³/mol. The van der Waals surface area contributed by atoms with Crippen LogP contribution in [0.1, 0.15) is 26.3 Å². The summed E-state index contributed by atoms with van der Waals surface area (Å²) in [4.78, 5) is 53.8. The van der Waals surface area contributed by atoms with Gasteiger partial charge in [0, 0.05) is 5.02 Å². The fraction of sp³-hybridized carbons (Fsp3) is 0.0769. The van der Waals surface area contributed by atoms with Crippen LogP contribution in [0.5, 0.6) is 5.75 Å². The zero-order valence-electron chi connectivity index (χ0n) is 17.6. The van der Waals surface area contributed by atoms with E-state index in [1.54, 1.807) is 48.6 Å². The number of likely N-dealkylation sites (tertiary alicyclic amines) is 1. The fourth-order valence-corrected chi connectivity index (χ4v) is 4.17. The number of rotatable bonds is 4. The molecule has 0 saturated carbocycles. The van der Waals surface area contributed by atoms with E-state index < -0.39 is 35.9 Å². The van der Waals surface area contributed by atoms with E-state index in [1.165, 1.54) is 12.1 Å². The number of carbonyl (C=O) groups excluding carboxylic acids is 4. The molecule has 0 aliphatic carbocycles. The molecule has 168 valence electrons. The molecule has 2 heterocycles. The van der Waals surface area contributed by atoms with E-state index in [2.05, 4.69) is 0 Å². The molecule has 2 atom stereocenters. The van der Waals surface area contributed by atoms with E-state index in [0.29, 0.717) is 5.02 Å². The van der Waals surface area contributed by atoms with Crippen LogP contribution in [0, 0.1) is 0 Å². The van der Waals surface area contributed by atoms with Gasteiger partial charge in [0.05, 0.1) is 17.2 Å². The summed E-state index contributed by atoms with van der Waals surface area (Å²) in [5, 5.41) is 0.467. The number of imide groups is 2. The van der Waals surface area contributed by atoms with E-state index in [0.717, 1.165) is 15.4 Å². The molecule has 0 N–H and O–H groups in total. The van der Waals surface area contributed by atoms with Gasteiger partial charge in [-0.1, -0.05) is 66.2 Å². The monoisotopic (exact) mass is 472 g/mol. The second kappa shape index (κ2) is 8.61. The van der Waals surface area contributed by atoms with Gasteiger partial charge in [0.2, 0.25) is 0 Å². The standard InChI is InChI=1S/C26H17ClN2O5/c27-17-11-13-18(14-12-17)34-26(33)28-21(15-10-16-6-2-1-3-7-16)22(25(28)32)29-23(30)19-8-4-5-9-20(19)24(29)31/h1-15,21-22H/b15-10+/t21-,22?/m1/s1. The van der Waals surface area contributed by atoms with Crippen LogP contribution in [0.15, 0.2) is 84.9 Å². The van der Waals surface area contributed by atoms with Crippen molar-refractivity contribution in [2.75, 3.05) is 0 Å². The molecule has 3 aromatic carbocycles. The minimum Gasteiger partial charge on any atom is -0.410 e. The molecule has 5 rings (SSSR count). The molecule has 0 aromatic heterocycles. The summed E-state index contributed by atoms with van der Waals surface area (Å²) in [5.74, 6) is -1.63. The smallest absolute Gasteiger partial charge is 0.410 e. The first-order chi connectivity index (χ1) is 16.5. The van der Waals surface area contributed by atoms with Crippen molar-refractivity contribution < 1.29 is 23.9 Å². The Kier molecular flexibility index (Phi) is 5.47. The lowest BCUT2D eigenvalue weighted by Crippen LogP contribution is -2.72. The molecular formula is C26H17ClN2O5. The zero-order valence-corrected chi connectivity index (χ0v) is 18.4. The molecule has 0 spiro atoms. The number of benzene rings is 3. The third-order valence-electron chi connectivity index (χ3n) is 5.72. The van der Waals surface area contributed by atoms with Crippen LogP contribution in [0.4, 0.5) is 4.79 Å². The van der Waals surface area contributed by atoms with Crippen LogP contribution in [0.3, 0.4) is 0 Å². The zero-order chi connectivity index (χ0) is 23.8. The highest BCUT2D eigenvalue weighted by molar-refractivity contribution is 6.30. The number of nitrogens with zero attached hydrogens (tertiary/aromatic N) is 2. The average Bonchev–Trinajstić information content (AvgIpc) is 3.09. The number of halogens is 1. The Morgan fingerprint density at radius 3 is 2.03 bits per heavy atom. The Morgan fingerprint density at radius 1 is 0.824 bits per heavy atom. The van der Waals surface area contributed by atoms with Crippen LogP contribution >= 0.6 is 11.6 Å². The maximum atomic E-state index is 13.1. The highest BCUT2D eigenvalue weighted by Gasteiger charge is 2.58. The second-order valence-electron chi connectivity index (χ2n) is 7.76. The summed E-state index contributed by atoms with van der Waals surface area (Å²) in [7, 11) is 0. The maximum Gasteiger partial charge on any atom is 0.422 e. The Morgan fingerprint density at radius 2 is 1.41 bits per heavy atom. The summed E-state index contributed by atoms with van der Waals surface area (Å²) in [6, 6.07) is 19.7. The number of hydrogen-bond donors (Lipinski definition) is 0. The van der Waals surface area contributed by atoms with Crippen LogP contribution in [0.25, 0.3) is 6.08 Å².